The molecule has 2 aliphatic heterocycles. The number of likely N-dealkylation sites (tertiary alicyclic amines) is 1. The lowest BCUT2D eigenvalue weighted by Gasteiger charge is -2.31. The Morgan fingerprint density at radius 3 is 2.72 bits per heavy atom. The second-order valence-corrected chi connectivity index (χ2v) is 7.48. The van der Waals surface area contributed by atoms with Crippen LogP contribution in [0.5, 0.6) is 0 Å². The molecule has 5 nitrogen and oxygen atoms in total. The molecule has 1 aromatic carbocycles. The standard InChI is InChI=1S/C20H28N4O/c1-15-3-5-16(6-4-15)19-13-24-12-18(25-14-20(24)22-19)11-21-17-7-9-23(2)10-8-17/h3-6,13,17-18,21H,7-12,14H2,1-2H3. The molecule has 1 saturated heterocycles. The average molecular weight is 340 g/mol. The fourth-order valence-electron chi connectivity index (χ4n) is 3.69. The van der Waals surface area contributed by atoms with Crippen LogP contribution in [-0.4, -0.2) is 53.3 Å². The van der Waals surface area contributed by atoms with Crippen molar-refractivity contribution in [1.29, 1.82) is 0 Å². The molecule has 1 unspecified atom stereocenters. The van der Waals surface area contributed by atoms with E-state index in [0.29, 0.717) is 12.6 Å². The first-order valence-corrected chi connectivity index (χ1v) is 9.34. The lowest BCUT2D eigenvalue weighted by Crippen LogP contribution is -2.45. The number of fused-ring (bicyclic) bond motifs is 1. The van der Waals surface area contributed by atoms with Crippen LogP contribution in [-0.2, 0) is 17.9 Å². The zero-order valence-electron chi connectivity index (χ0n) is 15.2. The largest absolute Gasteiger partial charge is 0.367 e. The maximum absolute atomic E-state index is 6.03. The van der Waals surface area contributed by atoms with Crippen LogP contribution in [0.15, 0.2) is 30.5 Å². The van der Waals surface area contributed by atoms with Gasteiger partial charge in [-0.05, 0) is 39.9 Å². The third-order valence-electron chi connectivity index (χ3n) is 5.41. The average Bonchev–Trinajstić information content (AvgIpc) is 3.05. The molecular formula is C20H28N4O. The van der Waals surface area contributed by atoms with Crippen molar-refractivity contribution < 1.29 is 4.74 Å². The molecule has 0 amide bonds. The number of aromatic nitrogens is 2. The number of rotatable bonds is 4. The molecule has 4 rings (SSSR count). The molecule has 2 aromatic rings. The summed E-state index contributed by atoms with van der Waals surface area (Å²) in [6.07, 6.45) is 4.87. The summed E-state index contributed by atoms with van der Waals surface area (Å²) in [5.41, 5.74) is 3.49. The van der Waals surface area contributed by atoms with Crippen LogP contribution in [0.2, 0.25) is 0 Å². The molecule has 1 fully saturated rings. The van der Waals surface area contributed by atoms with Crippen molar-refractivity contribution in [3.05, 3.63) is 41.9 Å². The van der Waals surface area contributed by atoms with Crippen LogP contribution in [0.1, 0.15) is 24.2 Å². The minimum absolute atomic E-state index is 0.229. The van der Waals surface area contributed by atoms with Crippen molar-refractivity contribution in [2.24, 2.45) is 0 Å². The maximum Gasteiger partial charge on any atom is 0.135 e. The zero-order chi connectivity index (χ0) is 17.2. The van der Waals surface area contributed by atoms with Gasteiger partial charge in [-0.3, -0.25) is 0 Å². The molecule has 0 radical (unpaired) electrons. The molecule has 2 aliphatic rings. The summed E-state index contributed by atoms with van der Waals surface area (Å²) in [5, 5.41) is 3.70. The summed E-state index contributed by atoms with van der Waals surface area (Å²) in [6.45, 7) is 6.90. The summed E-state index contributed by atoms with van der Waals surface area (Å²) in [4.78, 5) is 7.16. The van der Waals surface area contributed by atoms with E-state index in [4.69, 9.17) is 9.72 Å². The minimum atomic E-state index is 0.229. The molecular weight excluding hydrogens is 312 g/mol. The molecule has 0 spiro atoms. The van der Waals surface area contributed by atoms with E-state index in [1.54, 1.807) is 0 Å². The molecule has 1 N–H and O–H groups in total. The third kappa shape index (κ3) is 3.94. The van der Waals surface area contributed by atoms with Gasteiger partial charge in [0.1, 0.15) is 12.4 Å². The van der Waals surface area contributed by atoms with Crippen LogP contribution in [0, 0.1) is 6.92 Å². The fraction of sp³-hybridized carbons (Fsp3) is 0.550. The van der Waals surface area contributed by atoms with E-state index in [0.717, 1.165) is 24.6 Å². The van der Waals surface area contributed by atoms with E-state index in [1.807, 2.05) is 0 Å². The van der Waals surface area contributed by atoms with E-state index in [-0.39, 0.29) is 6.10 Å². The van der Waals surface area contributed by atoms with Gasteiger partial charge >= 0.3 is 0 Å². The highest BCUT2D eigenvalue weighted by atomic mass is 16.5. The monoisotopic (exact) mass is 340 g/mol. The predicted octanol–water partition coefficient (Wildman–Crippen LogP) is 2.44. The molecule has 1 atom stereocenters. The topological polar surface area (TPSA) is 42.3 Å². The summed E-state index contributed by atoms with van der Waals surface area (Å²) < 4.78 is 8.29. The second kappa shape index (κ2) is 7.28. The van der Waals surface area contributed by atoms with Crippen LogP contribution in [0.4, 0.5) is 0 Å². The zero-order valence-corrected chi connectivity index (χ0v) is 15.2. The first-order valence-electron chi connectivity index (χ1n) is 9.34. The van der Waals surface area contributed by atoms with Gasteiger partial charge in [0.05, 0.1) is 18.3 Å². The first kappa shape index (κ1) is 16.8. The van der Waals surface area contributed by atoms with Gasteiger partial charge in [-0.25, -0.2) is 4.98 Å². The maximum atomic E-state index is 6.03. The van der Waals surface area contributed by atoms with Gasteiger partial charge in [0.2, 0.25) is 0 Å². The Hall–Kier alpha value is -1.69. The molecule has 0 bridgehead atoms. The number of hydrogen-bond donors (Lipinski definition) is 1. The normalized spacial score (nSPS) is 22.1. The van der Waals surface area contributed by atoms with Gasteiger partial charge in [0, 0.05) is 24.3 Å². The number of imidazole rings is 1. The molecule has 134 valence electrons. The van der Waals surface area contributed by atoms with E-state index in [1.165, 1.54) is 37.1 Å². The number of ether oxygens (including phenoxy) is 1. The van der Waals surface area contributed by atoms with Crippen molar-refractivity contribution in [3.63, 3.8) is 0 Å². The van der Waals surface area contributed by atoms with Gasteiger partial charge in [-0.15, -0.1) is 0 Å². The fourth-order valence-corrected chi connectivity index (χ4v) is 3.69. The van der Waals surface area contributed by atoms with Crippen LogP contribution < -0.4 is 5.32 Å². The number of nitrogens with one attached hydrogen (secondary N) is 1. The van der Waals surface area contributed by atoms with Crippen molar-refractivity contribution in [2.75, 3.05) is 26.7 Å². The van der Waals surface area contributed by atoms with Crippen molar-refractivity contribution >= 4 is 0 Å². The molecule has 5 heteroatoms. The number of nitrogens with zero attached hydrogens (tertiary/aromatic N) is 3. The molecule has 1 aromatic heterocycles. The Labute approximate surface area is 150 Å². The number of aryl methyl sites for hydroxylation is 1. The van der Waals surface area contributed by atoms with Crippen molar-refractivity contribution in [1.82, 2.24) is 19.8 Å². The quantitative estimate of drug-likeness (QED) is 0.928. The number of piperidine rings is 1. The minimum Gasteiger partial charge on any atom is -0.367 e. The molecule has 3 heterocycles. The van der Waals surface area contributed by atoms with E-state index in [9.17, 15) is 0 Å². The highest BCUT2D eigenvalue weighted by Crippen LogP contribution is 2.22. The van der Waals surface area contributed by atoms with Gasteiger partial charge < -0.3 is 19.5 Å². The van der Waals surface area contributed by atoms with E-state index < -0.39 is 0 Å². The Balaban J connectivity index is 1.36. The van der Waals surface area contributed by atoms with Gasteiger partial charge in [0.15, 0.2) is 0 Å². The van der Waals surface area contributed by atoms with Crippen LogP contribution >= 0.6 is 0 Å². The van der Waals surface area contributed by atoms with E-state index in [2.05, 4.69) is 59.2 Å². The van der Waals surface area contributed by atoms with Crippen LogP contribution in [0.25, 0.3) is 11.3 Å². The van der Waals surface area contributed by atoms with Gasteiger partial charge in [-0.1, -0.05) is 29.8 Å². The number of hydrogen-bond acceptors (Lipinski definition) is 4. The molecule has 0 aliphatic carbocycles. The molecule has 25 heavy (non-hydrogen) atoms. The summed E-state index contributed by atoms with van der Waals surface area (Å²) in [5.74, 6) is 1.03. The van der Waals surface area contributed by atoms with Gasteiger partial charge in [0.25, 0.3) is 0 Å². The molecule has 0 saturated carbocycles. The summed E-state index contributed by atoms with van der Waals surface area (Å²) in [7, 11) is 2.20. The Morgan fingerprint density at radius 1 is 1.20 bits per heavy atom. The lowest BCUT2D eigenvalue weighted by atomic mass is 10.1. The smallest absolute Gasteiger partial charge is 0.135 e. The third-order valence-corrected chi connectivity index (χ3v) is 5.41. The van der Waals surface area contributed by atoms with Gasteiger partial charge in [-0.2, -0.15) is 0 Å². The Morgan fingerprint density at radius 2 is 1.96 bits per heavy atom. The van der Waals surface area contributed by atoms with Crippen molar-refractivity contribution in [2.45, 2.75) is 45.1 Å². The predicted molar refractivity (Wildman–Crippen MR) is 99.5 cm³/mol. The van der Waals surface area contributed by atoms with Crippen LogP contribution in [0.3, 0.4) is 0 Å². The lowest BCUT2D eigenvalue weighted by molar-refractivity contribution is 0.000430. The summed E-state index contributed by atoms with van der Waals surface area (Å²) in [6, 6.07) is 9.19. The summed E-state index contributed by atoms with van der Waals surface area (Å²) >= 11 is 0. The Bertz CT molecular complexity index is 701. The first-order chi connectivity index (χ1) is 12.2. The highest BCUT2D eigenvalue weighted by Gasteiger charge is 2.23. The second-order valence-electron chi connectivity index (χ2n) is 7.48. The van der Waals surface area contributed by atoms with Crippen molar-refractivity contribution in [3.8, 4) is 11.3 Å². The number of benzene rings is 1. The SMILES string of the molecule is Cc1ccc(-c2cn3c(n2)COC(CNC2CCN(C)CC2)C3)cc1. The Kier molecular flexibility index (Phi) is 4.88. The highest BCUT2D eigenvalue weighted by molar-refractivity contribution is 5.59. The van der Waals surface area contributed by atoms with E-state index >= 15 is 0 Å².